The standard InChI is InChI=1S/C9H15F/c1-5-6-7(2)8(3)9(4)10/h5-6,8-9H,1H2,2-4H3/b7-6-. The first-order valence-corrected chi connectivity index (χ1v) is 3.53. The Balaban J connectivity index is 4.06. The van der Waals surface area contributed by atoms with Crippen molar-refractivity contribution in [2.45, 2.75) is 26.9 Å². The molecule has 0 aliphatic rings. The second-order valence-corrected chi connectivity index (χ2v) is 2.61. The molecule has 2 unspecified atom stereocenters. The van der Waals surface area contributed by atoms with Crippen molar-refractivity contribution in [1.82, 2.24) is 0 Å². The predicted octanol–water partition coefficient (Wildman–Crippen LogP) is 3.11. The highest BCUT2D eigenvalue weighted by Crippen LogP contribution is 2.16. The van der Waals surface area contributed by atoms with Crippen molar-refractivity contribution < 1.29 is 4.39 Å². The topological polar surface area (TPSA) is 0 Å². The summed E-state index contributed by atoms with van der Waals surface area (Å²) in [5, 5.41) is 0. The van der Waals surface area contributed by atoms with Crippen LogP contribution >= 0.6 is 0 Å². The van der Waals surface area contributed by atoms with Crippen molar-refractivity contribution in [2.75, 3.05) is 0 Å². The number of hydrogen-bond donors (Lipinski definition) is 0. The summed E-state index contributed by atoms with van der Waals surface area (Å²) in [4.78, 5) is 0. The lowest BCUT2D eigenvalue weighted by Crippen LogP contribution is -2.08. The normalized spacial score (nSPS) is 18.2. The van der Waals surface area contributed by atoms with Crippen LogP contribution in [0.1, 0.15) is 20.8 Å². The van der Waals surface area contributed by atoms with E-state index in [4.69, 9.17) is 0 Å². The highest BCUT2D eigenvalue weighted by Gasteiger charge is 2.10. The van der Waals surface area contributed by atoms with Crippen molar-refractivity contribution in [3.8, 4) is 0 Å². The lowest BCUT2D eigenvalue weighted by atomic mass is 9.98. The Hall–Kier alpha value is -0.590. The van der Waals surface area contributed by atoms with Crippen LogP contribution in [0.15, 0.2) is 24.3 Å². The SMILES string of the molecule is C=C/C=C(/C)C(C)C(C)F. The molecule has 0 bridgehead atoms. The summed E-state index contributed by atoms with van der Waals surface area (Å²) in [6.07, 6.45) is 2.77. The van der Waals surface area contributed by atoms with Gasteiger partial charge in [0.2, 0.25) is 0 Å². The second-order valence-electron chi connectivity index (χ2n) is 2.61. The molecule has 0 N–H and O–H groups in total. The Morgan fingerprint density at radius 1 is 1.50 bits per heavy atom. The Bertz CT molecular complexity index is 134. The van der Waals surface area contributed by atoms with Gasteiger partial charge >= 0.3 is 0 Å². The lowest BCUT2D eigenvalue weighted by Gasteiger charge is -2.12. The third kappa shape index (κ3) is 2.81. The maximum Gasteiger partial charge on any atom is 0.104 e. The van der Waals surface area contributed by atoms with Gasteiger partial charge in [0.05, 0.1) is 0 Å². The Morgan fingerprint density at radius 2 is 2.00 bits per heavy atom. The molecular weight excluding hydrogens is 127 g/mol. The summed E-state index contributed by atoms with van der Waals surface area (Å²) in [5.41, 5.74) is 1.05. The van der Waals surface area contributed by atoms with Gasteiger partial charge in [0.15, 0.2) is 0 Å². The summed E-state index contributed by atoms with van der Waals surface area (Å²) in [5.74, 6) is 0.0120. The van der Waals surface area contributed by atoms with Gasteiger partial charge in [-0.2, -0.15) is 0 Å². The molecule has 0 aliphatic heterocycles. The minimum absolute atomic E-state index is 0.0120. The molecule has 58 valence electrons. The van der Waals surface area contributed by atoms with Crippen LogP contribution in [0.3, 0.4) is 0 Å². The number of halogens is 1. The van der Waals surface area contributed by atoms with E-state index >= 15 is 0 Å². The molecule has 0 aromatic heterocycles. The van der Waals surface area contributed by atoms with Crippen molar-refractivity contribution in [3.63, 3.8) is 0 Å². The maximum atomic E-state index is 12.6. The van der Waals surface area contributed by atoms with Crippen molar-refractivity contribution >= 4 is 0 Å². The fraction of sp³-hybridized carbons (Fsp3) is 0.556. The highest BCUT2D eigenvalue weighted by molar-refractivity contribution is 5.11. The van der Waals surface area contributed by atoms with Crippen LogP contribution in [-0.2, 0) is 0 Å². The molecule has 0 spiro atoms. The first-order chi connectivity index (χ1) is 4.59. The van der Waals surface area contributed by atoms with E-state index in [9.17, 15) is 4.39 Å². The highest BCUT2D eigenvalue weighted by atomic mass is 19.1. The van der Waals surface area contributed by atoms with Crippen molar-refractivity contribution in [2.24, 2.45) is 5.92 Å². The van der Waals surface area contributed by atoms with Gasteiger partial charge in [-0.05, 0) is 13.8 Å². The summed E-state index contributed by atoms with van der Waals surface area (Å²) in [6.45, 7) is 8.91. The molecule has 2 atom stereocenters. The van der Waals surface area contributed by atoms with E-state index in [0.29, 0.717) is 0 Å². The summed E-state index contributed by atoms with van der Waals surface area (Å²) in [6, 6.07) is 0. The van der Waals surface area contributed by atoms with Crippen LogP contribution in [-0.4, -0.2) is 6.17 Å². The molecule has 0 aromatic rings. The number of allylic oxidation sites excluding steroid dienone is 3. The molecule has 0 heterocycles. The minimum atomic E-state index is -0.767. The average molecular weight is 142 g/mol. The quantitative estimate of drug-likeness (QED) is 0.531. The molecule has 10 heavy (non-hydrogen) atoms. The van der Waals surface area contributed by atoms with Crippen LogP contribution in [0.5, 0.6) is 0 Å². The van der Waals surface area contributed by atoms with Gasteiger partial charge in [-0.1, -0.05) is 31.2 Å². The number of rotatable bonds is 3. The number of hydrogen-bond acceptors (Lipinski definition) is 0. The van der Waals surface area contributed by atoms with Crippen LogP contribution in [0.25, 0.3) is 0 Å². The zero-order chi connectivity index (χ0) is 8.15. The molecule has 0 saturated carbocycles. The van der Waals surface area contributed by atoms with E-state index in [-0.39, 0.29) is 5.92 Å². The van der Waals surface area contributed by atoms with Crippen LogP contribution in [0.4, 0.5) is 4.39 Å². The number of alkyl halides is 1. The molecule has 0 rings (SSSR count). The van der Waals surface area contributed by atoms with Gasteiger partial charge in [0.25, 0.3) is 0 Å². The van der Waals surface area contributed by atoms with Gasteiger partial charge in [-0.15, -0.1) is 0 Å². The van der Waals surface area contributed by atoms with Gasteiger partial charge < -0.3 is 0 Å². The minimum Gasteiger partial charge on any atom is -0.247 e. The molecule has 0 aliphatic carbocycles. The lowest BCUT2D eigenvalue weighted by molar-refractivity contribution is 0.291. The molecule has 0 aromatic carbocycles. The van der Waals surface area contributed by atoms with Crippen LogP contribution in [0.2, 0.25) is 0 Å². The fourth-order valence-corrected chi connectivity index (χ4v) is 0.700. The summed E-state index contributed by atoms with van der Waals surface area (Å²) in [7, 11) is 0. The molecule has 0 saturated heterocycles. The molecule has 1 heteroatoms. The zero-order valence-electron chi connectivity index (χ0n) is 6.89. The maximum absolute atomic E-state index is 12.6. The first-order valence-electron chi connectivity index (χ1n) is 3.53. The third-order valence-electron chi connectivity index (χ3n) is 1.79. The molecular formula is C9H15F. The van der Waals surface area contributed by atoms with Gasteiger partial charge in [0, 0.05) is 5.92 Å². The van der Waals surface area contributed by atoms with E-state index in [1.54, 1.807) is 13.0 Å². The third-order valence-corrected chi connectivity index (χ3v) is 1.79. The van der Waals surface area contributed by atoms with E-state index in [0.717, 1.165) is 5.57 Å². The molecule has 0 fully saturated rings. The van der Waals surface area contributed by atoms with Crippen molar-refractivity contribution in [1.29, 1.82) is 0 Å². The van der Waals surface area contributed by atoms with E-state index in [1.807, 2.05) is 19.9 Å². The Labute approximate surface area is 62.4 Å². The predicted molar refractivity (Wildman–Crippen MR) is 43.7 cm³/mol. The van der Waals surface area contributed by atoms with E-state index in [2.05, 4.69) is 6.58 Å². The summed E-state index contributed by atoms with van der Waals surface area (Å²) >= 11 is 0. The molecule has 0 amide bonds. The smallest absolute Gasteiger partial charge is 0.104 e. The van der Waals surface area contributed by atoms with Crippen LogP contribution < -0.4 is 0 Å². The average Bonchev–Trinajstić information content (AvgIpc) is 1.87. The molecule has 0 nitrogen and oxygen atoms in total. The van der Waals surface area contributed by atoms with Gasteiger partial charge in [-0.25, -0.2) is 4.39 Å². The fourth-order valence-electron chi connectivity index (χ4n) is 0.700. The monoisotopic (exact) mass is 142 g/mol. The van der Waals surface area contributed by atoms with Gasteiger partial charge in [-0.3, -0.25) is 0 Å². The Kier molecular flexibility index (Phi) is 4.01. The molecule has 0 radical (unpaired) electrons. The largest absolute Gasteiger partial charge is 0.247 e. The zero-order valence-corrected chi connectivity index (χ0v) is 6.89. The van der Waals surface area contributed by atoms with Gasteiger partial charge in [0.1, 0.15) is 6.17 Å². The van der Waals surface area contributed by atoms with E-state index in [1.165, 1.54) is 0 Å². The Morgan fingerprint density at radius 3 is 2.30 bits per heavy atom. The first kappa shape index (κ1) is 9.41. The second kappa shape index (κ2) is 4.26. The summed E-state index contributed by atoms with van der Waals surface area (Å²) < 4.78 is 12.6. The van der Waals surface area contributed by atoms with E-state index < -0.39 is 6.17 Å². The van der Waals surface area contributed by atoms with Crippen molar-refractivity contribution in [3.05, 3.63) is 24.3 Å². The van der Waals surface area contributed by atoms with Crippen LogP contribution in [0, 0.1) is 5.92 Å².